The van der Waals surface area contributed by atoms with Crippen molar-refractivity contribution >= 4 is 5.91 Å². The average Bonchev–Trinajstić information content (AvgIpc) is 2.69. The summed E-state index contributed by atoms with van der Waals surface area (Å²) in [7, 11) is 0. The number of hydrogen-bond acceptors (Lipinski definition) is 3. The molecule has 2 aromatic rings. The highest BCUT2D eigenvalue weighted by atomic mass is 19.4. The molecule has 2 rings (SSSR count). The lowest BCUT2D eigenvalue weighted by molar-refractivity contribution is -0.161. The predicted molar refractivity (Wildman–Crippen MR) is 110 cm³/mol. The highest BCUT2D eigenvalue weighted by Crippen LogP contribution is 2.34. The lowest BCUT2D eigenvalue weighted by atomic mass is 9.97. The monoisotopic (exact) mass is 417 g/mol. The van der Waals surface area contributed by atoms with Crippen LogP contribution in [0, 0.1) is 24.2 Å². The fraction of sp³-hybridized carbons (Fsp3) is 0.391. The number of alkyl halides is 3. The normalized spacial score (nSPS) is 13.5. The fourth-order valence-corrected chi connectivity index (χ4v) is 3.17. The molecule has 2 aromatic carbocycles. The van der Waals surface area contributed by atoms with Gasteiger partial charge in [-0.1, -0.05) is 67.9 Å². The van der Waals surface area contributed by atoms with E-state index in [1.54, 1.807) is 18.2 Å². The van der Waals surface area contributed by atoms with Gasteiger partial charge in [-0.15, -0.1) is 0 Å². The first-order valence-corrected chi connectivity index (χ1v) is 9.76. The summed E-state index contributed by atoms with van der Waals surface area (Å²) in [5.74, 6) is -0.621. The van der Waals surface area contributed by atoms with Gasteiger partial charge < -0.3 is 5.32 Å². The minimum Gasteiger partial charge on any atom is -0.342 e. The molecule has 0 aliphatic carbocycles. The molecule has 0 heterocycles. The molecule has 7 heteroatoms. The fourth-order valence-electron chi connectivity index (χ4n) is 3.17. The Bertz CT molecular complexity index is 869. The van der Waals surface area contributed by atoms with Gasteiger partial charge >= 0.3 is 6.18 Å². The number of nitrogens with zero attached hydrogens (tertiary/aromatic N) is 1. The second-order valence-electron chi connectivity index (χ2n) is 7.69. The number of amides is 1. The number of carbonyl (C=O) groups is 1. The zero-order chi connectivity index (χ0) is 22.3. The van der Waals surface area contributed by atoms with E-state index >= 15 is 0 Å². The minimum atomic E-state index is -4.59. The molecule has 0 aliphatic rings. The van der Waals surface area contributed by atoms with Crippen molar-refractivity contribution in [3.63, 3.8) is 0 Å². The largest absolute Gasteiger partial charge is 0.407 e. The Morgan fingerprint density at radius 1 is 1.03 bits per heavy atom. The lowest BCUT2D eigenvalue weighted by Gasteiger charge is -2.28. The van der Waals surface area contributed by atoms with Crippen LogP contribution in [0.15, 0.2) is 48.5 Å². The summed E-state index contributed by atoms with van der Waals surface area (Å²) >= 11 is 0. The predicted octanol–water partition coefficient (Wildman–Crippen LogP) is 4.91. The number of benzene rings is 2. The molecule has 0 saturated carbocycles. The number of halogens is 3. The number of rotatable bonds is 8. The van der Waals surface area contributed by atoms with Crippen molar-refractivity contribution < 1.29 is 18.0 Å². The minimum absolute atomic E-state index is 0.00636. The molecule has 0 spiro atoms. The van der Waals surface area contributed by atoms with E-state index in [-0.39, 0.29) is 24.4 Å². The standard InChI is InChI=1S/C23H26F3N3O/c1-15(2)14-20(22(30)28-13-12-27)29-21(23(24,25)26)19-10-8-18(9-11-19)17-6-4-16(3)5-7-17/h4-11,15,20-21,29H,13-14H2,1-3H3,(H,28,30)/t20-,21-/m0/s1. The van der Waals surface area contributed by atoms with Crippen molar-refractivity contribution in [3.05, 3.63) is 59.7 Å². The van der Waals surface area contributed by atoms with E-state index in [1.165, 1.54) is 12.1 Å². The molecule has 2 atom stereocenters. The lowest BCUT2D eigenvalue weighted by Crippen LogP contribution is -2.49. The number of hydrogen-bond donors (Lipinski definition) is 2. The van der Waals surface area contributed by atoms with E-state index in [1.807, 2.05) is 45.0 Å². The molecule has 0 aromatic heterocycles. The summed E-state index contributed by atoms with van der Waals surface area (Å²) < 4.78 is 41.5. The van der Waals surface area contributed by atoms with Gasteiger partial charge in [-0.05, 0) is 36.0 Å². The van der Waals surface area contributed by atoms with E-state index in [4.69, 9.17) is 5.26 Å². The van der Waals surface area contributed by atoms with Crippen LogP contribution in [0.1, 0.15) is 37.4 Å². The van der Waals surface area contributed by atoms with Crippen LogP contribution in [0.3, 0.4) is 0 Å². The zero-order valence-corrected chi connectivity index (χ0v) is 17.3. The highest BCUT2D eigenvalue weighted by Gasteiger charge is 2.42. The Morgan fingerprint density at radius 2 is 1.57 bits per heavy atom. The van der Waals surface area contributed by atoms with Gasteiger partial charge in [0.1, 0.15) is 12.6 Å². The number of aryl methyl sites for hydroxylation is 1. The second kappa shape index (κ2) is 10.3. The van der Waals surface area contributed by atoms with E-state index < -0.39 is 24.2 Å². The first kappa shape index (κ1) is 23.4. The molecule has 0 saturated heterocycles. The molecule has 1 amide bonds. The third-order valence-electron chi connectivity index (χ3n) is 4.69. The third kappa shape index (κ3) is 6.60. The number of nitriles is 1. The van der Waals surface area contributed by atoms with Gasteiger partial charge in [0.15, 0.2) is 0 Å². The van der Waals surface area contributed by atoms with Gasteiger partial charge in [-0.3, -0.25) is 10.1 Å². The van der Waals surface area contributed by atoms with Gasteiger partial charge in [0.2, 0.25) is 5.91 Å². The van der Waals surface area contributed by atoms with Crippen LogP contribution in [-0.4, -0.2) is 24.7 Å². The van der Waals surface area contributed by atoms with Crippen molar-refractivity contribution in [1.29, 1.82) is 5.26 Å². The van der Waals surface area contributed by atoms with E-state index in [9.17, 15) is 18.0 Å². The summed E-state index contributed by atoms with van der Waals surface area (Å²) in [6.45, 7) is 5.36. The van der Waals surface area contributed by atoms with Gasteiger partial charge in [-0.25, -0.2) is 0 Å². The molecule has 0 bridgehead atoms. The van der Waals surface area contributed by atoms with Gasteiger partial charge in [0.05, 0.1) is 12.1 Å². The molecule has 0 aliphatic heterocycles. The topological polar surface area (TPSA) is 64.9 Å². The van der Waals surface area contributed by atoms with Gasteiger partial charge in [0, 0.05) is 0 Å². The maximum absolute atomic E-state index is 13.8. The maximum atomic E-state index is 13.8. The van der Waals surface area contributed by atoms with Crippen LogP contribution in [0.2, 0.25) is 0 Å². The Balaban J connectivity index is 2.28. The van der Waals surface area contributed by atoms with Crippen molar-refractivity contribution in [3.8, 4) is 17.2 Å². The van der Waals surface area contributed by atoms with E-state index in [0.29, 0.717) is 0 Å². The van der Waals surface area contributed by atoms with Crippen LogP contribution in [0.25, 0.3) is 11.1 Å². The Labute approximate surface area is 175 Å². The molecule has 30 heavy (non-hydrogen) atoms. The summed E-state index contributed by atoms with van der Waals surface area (Å²) in [5.41, 5.74) is 2.85. The summed E-state index contributed by atoms with van der Waals surface area (Å²) in [6, 6.07) is 12.6. The number of nitrogens with one attached hydrogen (secondary N) is 2. The van der Waals surface area contributed by atoms with E-state index in [0.717, 1.165) is 16.7 Å². The SMILES string of the molecule is Cc1ccc(-c2ccc([C@H](N[C@@H](CC(C)C)C(=O)NCC#N)C(F)(F)F)cc2)cc1. The van der Waals surface area contributed by atoms with Gasteiger partial charge in [-0.2, -0.15) is 18.4 Å². The van der Waals surface area contributed by atoms with E-state index in [2.05, 4.69) is 10.6 Å². The van der Waals surface area contributed by atoms with Crippen molar-refractivity contribution in [2.24, 2.45) is 5.92 Å². The van der Waals surface area contributed by atoms with Crippen molar-refractivity contribution in [2.45, 2.75) is 45.5 Å². The molecule has 0 fully saturated rings. The summed E-state index contributed by atoms with van der Waals surface area (Å²) in [4.78, 5) is 12.3. The Morgan fingerprint density at radius 3 is 2.03 bits per heavy atom. The maximum Gasteiger partial charge on any atom is 0.407 e. The summed E-state index contributed by atoms with van der Waals surface area (Å²) in [5, 5.41) is 13.5. The first-order chi connectivity index (χ1) is 14.1. The molecule has 4 nitrogen and oxygen atoms in total. The number of carbonyl (C=O) groups excluding carboxylic acids is 1. The Kier molecular flexibility index (Phi) is 8.01. The Hall–Kier alpha value is -2.85. The molecular weight excluding hydrogens is 391 g/mol. The van der Waals surface area contributed by atoms with Crippen LogP contribution in [0.5, 0.6) is 0 Å². The summed E-state index contributed by atoms with van der Waals surface area (Å²) in [6.07, 6.45) is -4.37. The van der Waals surface area contributed by atoms with Crippen LogP contribution < -0.4 is 10.6 Å². The molecule has 0 unspecified atom stereocenters. The van der Waals surface area contributed by atoms with Crippen LogP contribution in [-0.2, 0) is 4.79 Å². The van der Waals surface area contributed by atoms with Gasteiger partial charge in [0.25, 0.3) is 0 Å². The third-order valence-corrected chi connectivity index (χ3v) is 4.69. The van der Waals surface area contributed by atoms with Crippen molar-refractivity contribution in [2.75, 3.05) is 6.54 Å². The molecule has 2 N–H and O–H groups in total. The van der Waals surface area contributed by atoms with Crippen LogP contribution >= 0.6 is 0 Å². The second-order valence-corrected chi connectivity index (χ2v) is 7.69. The molecule has 160 valence electrons. The zero-order valence-electron chi connectivity index (χ0n) is 17.3. The highest BCUT2D eigenvalue weighted by molar-refractivity contribution is 5.82. The smallest absolute Gasteiger partial charge is 0.342 e. The van der Waals surface area contributed by atoms with Crippen molar-refractivity contribution in [1.82, 2.24) is 10.6 Å². The van der Waals surface area contributed by atoms with Crippen LogP contribution in [0.4, 0.5) is 13.2 Å². The molecular formula is C23H26F3N3O. The average molecular weight is 417 g/mol. The quantitative estimate of drug-likeness (QED) is 0.600. The molecule has 0 radical (unpaired) electrons. The first-order valence-electron chi connectivity index (χ1n) is 9.76.